The number of likely N-dealkylation sites (tertiary alicyclic amines) is 1. The second-order valence-corrected chi connectivity index (χ2v) is 6.69. The summed E-state index contributed by atoms with van der Waals surface area (Å²) in [5, 5.41) is 0. The zero-order valence-corrected chi connectivity index (χ0v) is 14.8. The van der Waals surface area contributed by atoms with Crippen molar-refractivity contribution >= 4 is 5.91 Å². The van der Waals surface area contributed by atoms with Crippen LogP contribution in [0.15, 0.2) is 43.1 Å². The van der Waals surface area contributed by atoms with E-state index in [2.05, 4.69) is 31.4 Å². The maximum atomic E-state index is 12.4. The summed E-state index contributed by atoms with van der Waals surface area (Å²) in [5.74, 6) is 1.30. The number of hydrogen-bond donors (Lipinski definition) is 0. The van der Waals surface area contributed by atoms with E-state index < -0.39 is 0 Å². The summed E-state index contributed by atoms with van der Waals surface area (Å²) in [6, 6.07) is 3.93. The van der Waals surface area contributed by atoms with Gasteiger partial charge in [-0.15, -0.1) is 0 Å². The molecule has 1 aliphatic heterocycles. The first-order chi connectivity index (χ1) is 12.6. The monoisotopic (exact) mass is 348 g/mol. The summed E-state index contributed by atoms with van der Waals surface area (Å²) >= 11 is 0. The number of rotatable bonds is 4. The van der Waals surface area contributed by atoms with Crippen molar-refractivity contribution in [2.24, 2.45) is 5.92 Å². The molecule has 4 rings (SSSR count). The predicted molar refractivity (Wildman–Crippen MR) is 96.4 cm³/mol. The van der Waals surface area contributed by atoms with E-state index in [-0.39, 0.29) is 5.91 Å². The van der Waals surface area contributed by atoms with Gasteiger partial charge in [-0.2, -0.15) is 0 Å². The molecule has 132 valence electrons. The summed E-state index contributed by atoms with van der Waals surface area (Å²) < 4.78 is 2.22. The molecule has 0 unspecified atom stereocenters. The number of carbonyl (C=O) groups is 1. The Kier molecular flexibility index (Phi) is 4.20. The van der Waals surface area contributed by atoms with Gasteiger partial charge in [-0.25, -0.2) is 9.97 Å². The van der Waals surface area contributed by atoms with Crippen molar-refractivity contribution < 1.29 is 4.79 Å². The van der Waals surface area contributed by atoms with Crippen LogP contribution in [0.4, 0.5) is 0 Å². The summed E-state index contributed by atoms with van der Waals surface area (Å²) in [4.78, 5) is 31.2. The van der Waals surface area contributed by atoms with Crippen molar-refractivity contribution in [2.45, 2.75) is 20.4 Å². The van der Waals surface area contributed by atoms with Crippen molar-refractivity contribution in [3.05, 3.63) is 60.2 Å². The molecule has 1 aliphatic rings. The number of carbonyl (C=O) groups excluding carboxylic acids is 1. The van der Waals surface area contributed by atoms with E-state index in [0.29, 0.717) is 11.6 Å². The number of aromatic nitrogens is 5. The Labute approximate surface area is 151 Å². The minimum Gasteiger partial charge on any atom is -0.336 e. The van der Waals surface area contributed by atoms with Crippen molar-refractivity contribution in [1.82, 2.24) is 29.4 Å². The van der Waals surface area contributed by atoms with Crippen molar-refractivity contribution in [2.75, 3.05) is 13.1 Å². The highest BCUT2D eigenvalue weighted by Gasteiger charge is 2.32. The second kappa shape index (κ2) is 6.67. The van der Waals surface area contributed by atoms with Crippen LogP contribution >= 0.6 is 0 Å². The van der Waals surface area contributed by atoms with Crippen LogP contribution in [-0.4, -0.2) is 48.4 Å². The first-order valence-corrected chi connectivity index (χ1v) is 8.62. The maximum Gasteiger partial charge on any atom is 0.274 e. The van der Waals surface area contributed by atoms with Gasteiger partial charge in [-0.1, -0.05) is 0 Å². The standard InChI is InChI=1S/C19H20N6O/c1-13-7-22-17(9-21-13)19(26)24-10-15(11-24)12-25-14(2)8-23-18(25)16-3-5-20-6-4-16/h3-9,15H,10-12H2,1-2H3. The highest BCUT2D eigenvalue weighted by molar-refractivity contribution is 5.92. The molecular weight excluding hydrogens is 328 g/mol. The molecule has 1 saturated heterocycles. The Hall–Kier alpha value is -3.09. The fraction of sp³-hybridized carbons (Fsp3) is 0.316. The molecule has 0 bridgehead atoms. The molecule has 0 N–H and O–H groups in total. The van der Waals surface area contributed by atoms with Gasteiger partial charge in [0, 0.05) is 61.6 Å². The minimum absolute atomic E-state index is 0.0505. The number of amides is 1. The van der Waals surface area contributed by atoms with Crippen molar-refractivity contribution in [3.8, 4) is 11.4 Å². The van der Waals surface area contributed by atoms with Crippen molar-refractivity contribution in [3.63, 3.8) is 0 Å². The zero-order valence-electron chi connectivity index (χ0n) is 14.8. The highest BCUT2D eigenvalue weighted by atomic mass is 16.2. The zero-order chi connectivity index (χ0) is 18.1. The Morgan fingerprint density at radius 2 is 1.85 bits per heavy atom. The third kappa shape index (κ3) is 3.08. The summed E-state index contributed by atoms with van der Waals surface area (Å²) in [5.41, 5.74) is 3.38. The van der Waals surface area contributed by atoms with E-state index in [1.807, 2.05) is 30.2 Å². The average molecular weight is 348 g/mol. The van der Waals surface area contributed by atoms with Crippen LogP contribution in [0.25, 0.3) is 11.4 Å². The number of nitrogens with zero attached hydrogens (tertiary/aromatic N) is 6. The summed E-state index contributed by atoms with van der Waals surface area (Å²) in [6.07, 6.45) is 8.61. The Balaban J connectivity index is 1.43. The average Bonchev–Trinajstić information content (AvgIpc) is 2.99. The topological polar surface area (TPSA) is 76.8 Å². The SMILES string of the molecule is Cc1cnc(C(=O)N2CC(Cn3c(C)cnc3-c3ccncc3)C2)cn1. The highest BCUT2D eigenvalue weighted by Crippen LogP contribution is 2.24. The van der Waals surface area contributed by atoms with E-state index in [1.165, 1.54) is 0 Å². The summed E-state index contributed by atoms with van der Waals surface area (Å²) in [6.45, 7) is 6.20. The molecule has 3 aromatic rings. The molecule has 7 heteroatoms. The molecular formula is C19H20N6O. The largest absolute Gasteiger partial charge is 0.336 e. The van der Waals surface area contributed by atoms with Gasteiger partial charge in [0.15, 0.2) is 0 Å². The Morgan fingerprint density at radius 1 is 1.08 bits per heavy atom. The fourth-order valence-electron chi connectivity index (χ4n) is 3.20. The first kappa shape index (κ1) is 16.4. The van der Waals surface area contributed by atoms with Gasteiger partial charge in [0.25, 0.3) is 5.91 Å². The number of aryl methyl sites for hydroxylation is 2. The Morgan fingerprint density at radius 3 is 2.54 bits per heavy atom. The van der Waals surface area contributed by atoms with Crippen LogP contribution in [0.3, 0.4) is 0 Å². The van der Waals surface area contributed by atoms with Crippen LogP contribution in [0, 0.1) is 19.8 Å². The lowest BCUT2D eigenvalue weighted by Gasteiger charge is -2.39. The molecule has 0 radical (unpaired) electrons. The quantitative estimate of drug-likeness (QED) is 0.722. The molecule has 0 aliphatic carbocycles. The molecule has 3 aromatic heterocycles. The normalized spacial score (nSPS) is 14.3. The molecule has 0 spiro atoms. The van der Waals surface area contributed by atoms with Gasteiger partial charge < -0.3 is 9.47 Å². The van der Waals surface area contributed by atoms with E-state index >= 15 is 0 Å². The van der Waals surface area contributed by atoms with E-state index in [0.717, 1.165) is 42.4 Å². The van der Waals surface area contributed by atoms with E-state index in [9.17, 15) is 4.79 Å². The van der Waals surface area contributed by atoms with E-state index in [4.69, 9.17) is 0 Å². The van der Waals surface area contributed by atoms with E-state index in [1.54, 1.807) is 24.8 Å². The van der Waals surface area contributed by atoms with Gasteiger partial charge in [-0.3, -0.25) is 14.8 Å². The predicted octanol–water partition coefficient (Wildman–Crippen LogP) is 2.12. The van der Waals surface area contributed by atoms with Crippen molar-refractivity contribution in [1.29, 1.82) is 0 Å². The van der Waals surface area contributed by atoms with Gasteiger partial charge in [-0.05, 0) is 26.0 Å². The Bertz CT molecular complexity index is 913. The van der Waals surface area contributed by atoms with Crippen LogP contribution in [0.5, 0.6) is 0 Å². The lowest BCUT2D eigenvalue weighted by Crippen LogP contribution is -2.51. The molecule has 26 heavy (non-hydrogen) atoms. The van der Waals surface area contributed by atoms with Crippen LogP contribution in [0.1, 0.15) is 21.9 Å². The second-order valence-electron chi connectivity index (χ2n) is 6.69. The molecule has 1 fully saturated rings. The van der Waals surface area contributed by atoms with Gasteiger partial charge in [0.2, 0.25) is 0 Å². The van der Waals surface area contributed by atoms with Crippen LogP contribution < -0.4 is 0 Å². The third-order valence-corrected chi connectivity index (χ3v) is 4.68. The molecule has 7 nitrogen and oxygen atoms in total. The number of hydrogen-bond acceptors (Lipinski definition) is 5. The van der Waals surface area contributed by atoms with Gasteiger partial charge in [0.1, 0.15) is 11.5 Å². The van der Waals surface area contributed by atoms with Gasteiger partial charge >= 0.3 is 0 Å². The minimum atomic E-state index is -0.0505. The molecule has 4 heterocycles. The lowest BCUT2D eigenvalue weighted by molar-refractivity contribution is 0.0462. The number of imidazole rings is 1. The third-order valence-electron chi connectivity index (χ3n) is 4.68. The smallest absolute Gasteiger partial charge is 0.274 e. The lowest BCUT2D eigenvalue weighted by atomic mass is 9.99. The van der Waals surface area contributed by atoms with Gasteiger partial charge in [0.05, 0.1) is 11.9 Å². The molecule has 0 saturated carbocycles. The van der Waals surface area contributed by atoms with Crippen LogP contribution in [0.2, 0.25) is 0 Å². The molecule has 0 aromatic carbocycles. The summed E-state index contributed by atoms with van der Waals surface area (Å²) in [7, 11) is 0. The maximum absolute atomic E-state index is 12.4. The molecule has 1 amide bonds. The fourth-order valence-corrected chi connectivity index (χ4v) is 3.20. The first-order valence-electron chi connectivity index (χ1n) is 8.62. The van der Waals surface area contributed by atoms with Crippen LogP contribution in [-0.2, 0) is 6.54 Å². The molecule has 0 atom stereocenters. The number of pyridine rings is 1.